The molecule has 0 saturated heterocycles. The lowest BCUT2D eigenvalue weighted by Gasteiger charge is -2.13. The molecule has 1 aromatic heterocycles. The largest absolute Gasteiger partial charge is 0.349 e. The number of aryl methyl sites for hydroxylation is 1. The topological polar surface area (TPSA) is 62.0 Å². The number of carbonyl (C=O) groups excluding carboxylic acids is 1. The van der Waals surface area contributed by atoms with E-state index in [9.17, 15) is 9.59 Å². The third-order valence-corrected chi connectivity index (χ3v) is 3.15. The van der Waals surface area contributed by atoms with E-state index in [2.05, 4.69) is 22.4 Å². The van der Waals surface area contributed by atoms with Crippen LogP contribution in [0.25, 0.3) is 0 Å². The first-order chi connectivity index (χ1) is 9.66. The highest BCUT2D eigenvalue weighted by Crippen LogP contribution is 2.05. The zero-order chi connectivity index (χ0) is 14.4. The lowest BCUT2D eigenvalue weighted by molar-refractivity contribution is 0.0937. The number of pyridine rings is 1. The number of aromatic amines is 1. The van der Waals surface area contributed by atoms with Gasteiger partial charge in [-0.2, -0.15) is 0 Å². The Kier molecular flexibility index (Phi) is 4.71. The van der Waals surface area contributed by atoms with E-state index in [0.29, 0.717) is 0 Å². The first kappa shape index (κ1) is 14.1. The van der Waals surface area contributed by atoms with Gasteiger partial charge in [0.15, 0.2) is 0 Å². The molecule has 20 heavy (non-hydrogen) atoms. The van der Waals surface area contributed by atoms with Gasteiger partial charge >= 0.3 is 0 Å². The van der Waals surface area contributed by atoms with Crippen molar-refractivity contribution in [3.05, 3.63) is 70.1 Å². The zero-order valence-corrected chi connectivity index (χ0v) is 11.4. The molecule has 2 aromatic rings. The average Bonchev–Trinajstić information content (AvgIpc) is 2.46. The van der Waals surface area contributed by atoms with E-state index in [4.69, 9.17) is 0 Å². The first-order valence-electron chi connectivity index (χ1n) is 6.69. The molecule has 0 bridgehead atoms. The van der Waals surface area contributed by atoms with Crippen molar-refractivity contribution in [2.45, 2.75) is 25.8 Å². The molecular formula is C16H18N2O2. The minimum Gasteiger partial charge on any atom is -0.349 e. The minimum absolute atomic E-state index is 0.0160. The molecule has 0 spiro atoms. The van der Waals surface area contributed by atoms with Gasteiger partial charge in [-0.3, -0.25) is 9.59 Å². The number of hydrogen-bond donors (Lipinski definition) is 2. The van der Waals surface area contributed by atoms with E-state index in [-0.39, 0.29) is 23.1 Å². The minimum atomic E-state index is -0.361. The Morgan fingerprint density at radius 3 is 2.65 bits per heavy atom. The molecule has 1 heterocycles. The molecule has 0 saturated carbocycles. The van der Waals surface area contributed by atoms with E-state index in [1.54, 1.807) is 6.07 Å². The Labute approximate surface area is 117 Å². The summed E-state index contributed by atoms with van der Waals surface area (Å²) in [5.74, 6) is -0.326. The van der Waals surface area contributed by atoms with E-state index >= 15 is 0 Å². The van der Waals surface area contributed by atoms with Gasteiger partial charge < -0.3 is 10.3 Å². The summed E-state index contributed by atoms with van der Waals surface area (Å²) in [6.07, 6.45) is 3.24. The fraction of sp³-hybridized carbons (Fsp3) is 0.250. The van der Waals surface area contributed by atoms with Crippen LogP contribution in [0.3, 0.4) is 0 Å². The smallest absolute Gasteiger partial charge is 0.260 e. The maximum Gasteiger partial charge on any atom is 0.260 e. The molecule has 1 amide bonds. The molecule has 4 nitrogen and oxygen atoms in total. The SMILES string of the molecule is C[C@H](CCc1ccccc1)NC(=O)c1ccc[nH]c1=O. The van der Waals surface area contributed by atoms with Crippen molar-refractivity contribution in [2.75, 3.05) is 0 Å². The monoisotopic (exact) mass is 270 g/mol. The third kappa shape index (κ3) is 3.82. The second-order valence-electron chi connectivity index (χ2n) is 4.81. The number of nitrogens with one attached hydrogen (secondary N) is 2. The van der Waals surface area contributed by atoms with Crippen LogP contribution in [0, 0.1) is 0 Å². The van der Waals surface area contributed by atoms with Crippen molar-refractivity contribution >= 4 is 5.91 Å². The van der Waals surface area contributed by atoms with Crippen LogP contribution in [0.1, 0.15) is 29.3 Å². The Balaban J connectivity index is 1.89. The van der Waals surface area contributed by atoms with Gasteiger partial charge in [0.2, 0.25) is 0 Å². The van der Waals surface area contributed by atoms with Crippen molar-refractivity contribution in [3.8, 4) is 0 Å². The van der Waals surface area contributed by atoms with Crippen LogP contribution >= 0.6 is 0 Å². The van der Waals surface area contributed by atoms with E-state index in [1.807, 2.05) is 25.1 Å². The van der Waals surface area contributed by atoms with Crippen LogP contribution in [0.5, 0.6) is 0 Å². The predicted molar refractivity (Wildman–Crippen MR) is 78.8 cm³/mol. The molecule has 0 unspecified atom stereocenters. The van der Waals surface area contributed by atoms with Gasteiger partial charge in [-0.15, -0.1) is 0 Å². The summed E-state index contributed by atoms with van der Waals surface area (Å²) in [5.41, 5.74) is 1.03. The fourth-order valence-corrected chi connectivity index (χ4v) is 2.00. The van der Waals surface area contributed by atoms with Gasteiger partial charge in [0.25, 0.3) is 11.5 Å². The summed E-state index contributed by atoms with van der Waals surface area (Å²) in [6.45, 7) is 1.94. The third-order valence-electron chi connectivity index (χ3n) is 3.15. The summed E-state index contributed by atoms with van der Waals surface area (Å²) >= 11 is 0. The van der Waals surface area contributed by atoms with Crippen molar-refractivity contribution in [1.82, 2.24) is 10.3 Å². The van der Waals surface area contributed by atoms with Crippen LogP contribution in [-0.4, -0.2) is 16.9 Å². The first-order valence-corrected chi connectivity index (χ1v) is 6.69. The van der Waals surface area contributed by atoms with Crippen molar-refractivity contribution in [3.63, 3.8) is 0 Å². The number of carbonyl (C=O) groups is 1. The Hall–Kier alpha value is -2.36. The molecule has 0 aliphatic carbocycles. The number of H-pyrrole nitrogens is 1. The van der Waals surface area contributed by atoms with Gasteiger partial charge in [-0.1, -0.05) is 30.3 Å². The normalized spacial score (nSPS) is 11.8. The van der Waals surface area contributed by atoms with E-state index in [1.165, 1.54) is 17.8 Å². The molecule has 0 aliphatic rings. The summed E-state index contributed by atoms with van der Waals surface area (Å²) in [4.78, 5) is 26.0. The Morgan fingerprint density at radius 2 is 1.95 bits per heavy atom. The molecule has 0 fully saturated rings. The summed E-state index contributed by atoms with van der Waals surface area (Å²) in [5, 5.41) is 2.85. The van der Waals surface area contributed by atoms with Crippen molar-refractivity contribution in [2.24, 2.45) is 0 Å². The van der Waals surface area contributed by atoms with Gasteiger partial charge in [0.1, 0.15) is 5.56 Å². The Morgan fingerprint density at radius 1 is 1.20 bits per heavy atom. The summed E-state index contributed by atoms with van der Waals surface area (Å²) in [6, 6.07) is 13.3. The van der Waals surface area contributed by atoms with Gasteiger partial charge in [-0.05, 0) is 37.5 Å². The fourth-order valence-electron chi connectivity index (χ4n) is 2.00. The average molecular weight is 270 g/mol. The quantitative estimate of drug-likeness (QED) is 0.874. The van der Waals surface area contributed by atoms with E-state index < -0.39 is 0 Å². The number of amides is 1. The van der Waals surface area contributed by atoms with Crippen molar-refractivity contribution in [1.29, 1.82) is 0 Å². The highest BCUT2D eigenvalue weighted by molar-refractivity contribution is 5.93. The molecule has 1 atom stereocenters. The van der Waals surface area contributed by atoms with Crippen LogP contribution in [0.15, 0.2) is 53.5 Å². The maximum absolute atomic E-state index is 12.0. The second kappa shape index (κ2) is 6.70. The number of benzene rings is 1. The van der Waals surface area contributed by atoms with Gasteiger partial charge in [0.05, 0.1) is 0 Å². The number of hydrogen-bond acceptors (Lipinski definition) is 2. The molecule has 104 valence electrons. The summed E-state index contributed by atoms with van der Waals surface area (Å²) in [7, 11) is 0. The molecular weight excluding hydrogens is 252 g/mol. The van der Waals surface area contributed by atoms with Crippen LogP contribution in [-0.2, 0) is 6.42 Å². The second-order valence-corrected chi connectivity index (χ2v) is 4.81. The van der Waals surface area contributed by atoms with Crippen LogP contribution in [0.2, 0.25) is 0 Å². The standard InChI is InChI=1S/C16H18N2O2/c1-12(9-10-13-6-3-2-4-7-13)18-16(20)14-8-5-11-17-15(14)19/h2-8,11-12H,9-10H2,1H3,(H,17,19)(H,18,20)/t12-/m1/s1. The predicted octanol–water partition coefficient (Wildman–Crippen LogP) is 2.13. The lowest BCUT2D eigenvalue weighted by atomic mass is 10.1. The van der Waals surface area contributed by atoms with Gasteiger partial charge in [-0.25, -0.2) is 0 Å². The highest BCUT2D eigenvalue weighted by Gasteiger charge is 2.12. The maximum atomic E-state index is 12.0. The molecule has 0 radical (unpaired) electrons. The van der Waals surface area contributed by atoms with Crippen molar-refractivity contribution < 1.29 is 4.79 Å². The molecule has 2 rings (SSSR count). The zero-order valence-electron chi connectivity index (χ0n) is 11.4. The van der Waals surface area contributed by atoms with Gasteiger partial charge in [0, 0.05) is 12.2 Å². The van der Waals surface area contributed by atoms with Crippen LogP contribution < -0.4 is 10.9 Å². The highest BCUT2D eigenvalue weighted by atomic mass is 16.2. The molecule has 1 aromatic carbocycles. The van der Waals surface area contributed by atoms with E-state index in [0.717, 1.165) is 12.8 Å². The molecule has 4 heteroatoms. The summed E-state index contributed by atoms with van der Waals surface area (Å²) < 4.78 is 0. The Bertz CT molecular complexity index is 620. The lowest BCUT2D eigenvalue weighted by Crippen LogP contribution is -2.36. The molecule has 0 aliphatic heterocycles. The number of rotatable bonds is 5. The van der Waals surface area contributed by atoms with Crippen LogP contribution in [0.4, 0.5) is 0 Å². The molecule has 2 N–H and O–H groups in total. The number of aromatic nitrogens is 1.